The van der Waals surface area contributed by atoms with Crippen molar-refractivity contribution in [2.24, 2.45) is 0 Å². The van der Waals surface area contributed by atoms with Gasteiger partial charge in [-0.3, -0.25) is 14.6 Å². The molecule has 25 heavy (non-hydrogen) atoms. The minimum absolute atomic E-state index is 0.172. The van der Waals surface area contributed by atoms with Crippen LogP contribution in [0.3, 0.4) is 0 Å². The third kappa shape index (κ3) is 4.89. The normalized spacial score (nSPS) is 10.4. The van der Waals surface area contributed by atoms with E-state index in [1.165, 1.54) is 11.8 Å². The number of rotatable bonds is 6. The van der Waals surface area contributed by atoms with Crippen LogP contribution in [0.15, 0.2) is 36.5 Å². The molecule has 1 aromatic heterocycles. The van der Waals surface area contributed by atoms with Gasteiger partial charge in [0.05, 0.1) is 0 Å². The molecule has 0 radical (unpaired) electrons. The number of anilines is 1. The summed E-state index contributed by atoms with van der Waals surface area (Å²) in [7, 11) is 1.75. The minimum Gasteiger partial charge on any atom is -0.340 e. The molecule has 1 aromatic carbocycles. The van der Waals surface area contributed by atoms with E-state index in [1.807, 2.05) is 32.0 Å². The Kier molecular flexibility index (Phi) is 6.28. The van der Waals surface area contributed by atoms with Crippen LogP contribution in [0.2, 0.25) is 0 Å². The van der Waals surface area contributed by atoms with Crippen LogP contribution in [0.4, 0.5) is 5.69 Å². The zero-order chi connectivity index (χ0) is 18.4. The van der Waals surface area contributed by atoms with E-state index in [-0.39, 0.29) is 17.5 Å². The van der Waals surface area contributed by atoms with Crippen LogP contribution in [0.25, 0.3) is 0 Å². The number of nitrogens with zero attached hydrogens (tertiary/aromatic N) is 2. The van der Waals surface area contributed by atoms with Crippen molar-refractivity contribution < 1.29 is 9.59 Å². The second-order valence-corrected chi connectivity index (χ2v) is 6.26. The number of amides is 2. The first-order chi connectivity index (χ1) is 11.9. The summed E-state index contributed by atoms with van der Waals surface area (Å²) >= 11 is 0. The lowest BCUT2D eigenvalue weighted by atomic mass is 10.1. The number of unbranched alkanes of at least 4 members (excludes halogenated alkanes) is 1. The Morgan fingerprint density at radius 1 is 1.12 bits per heavy atom. The molecule has 2 amide bonds. The van der Waals surface area contributed by atoms with E-state index in [1.54, 1.807) is 24.1 Å². The highest BCUT2D eigenvalue weighted by atomic mass is 16.2. The number of carbonyl (C=O) groups is 2. The number of benzene rings is 1. The quantitative estimate of drug-likeness (QED) is 0.870. The summed E-state index contributed by atoms with van der Waals surface area (Å²) in [6, 6.07) is 8.92. The van der Waals surface area contributed by atoms with Gasteiger partial charge in [-0.2, -0.15) is 0 Å². The molecule has 2 rings (SSSR count). The SMILES string of the molecule is CCCCN(C)C(=O)c1cc(C(=O)Nc2ccc(C)c(C)c2)ccn1. The minimum atomic E-state index is -0.254. The Morgan fingerprint density at radius 3 is 2.56 bits per heavy atom. The van der Waals surface area contributed by atoms with Crippen LogP contribution in [-0.4, -0.2) is 35.3 Å². The maximum Gasteiger partial charge on any atom is 0.272 e. The molecule has 0 bridgehead atoms. The number of hydrogen-bond acceptors (Lipinski definition) is 3. The first kappa shape index (κ1) is 18.6. The maximum atomic E-state index is 12.5. The second kappa shape index (κ2) is 8.42. The Morgan fingerprint density at radius 2 is 1.88 bits per heavy atom. The smallest absolute Gasteiger partial charge is 0.272 e. The maximum absolute atomic E-state index is 12.5. The number of nitrogens with one attached hydrogen (secondary N) is 1. The van der Waals surface area contributed by atoms with Crippen molar-refractivity contribution in [3.05, 3.63) is 58.9 Å². The predicted molar refractivity (Wildman–Crippen MR) is 100.0 cm³/mol. The third-order valence-electron chi connectivity index (χ3n) is 4.20. The predicted octanol–water partition coefficient (Wildman–Crippen LogP) is 3.82. The number of pyridine rings is 1. The number of hydrogen-bond donors (Lipinski definition) is 1. The molecule has 0 atom stereocenters. The van der Waals surface area contributed by atoms with Crippen LogP contribution in [0.5, 0.6) is 0 Å². The standard InChI is InChI=1S/C20H25N3O2/c1-5-6-11-23(4)20(25)18-13-16(9-10-21-18)19(24)22-17-8-7-14(2)15(3)12-17/h7-10,12-13H,5-6,11H2,1-4H3,(H,22,24). The lowest BCUT2D eigenvalue weighted by Gasteiger charge is -2.16. The molecule has 0 aliphatic carbocycles. The summed E-state index contributed by atoms with van der Waals surface area (Å²) in [4.78, 5) is 30.6. The number of aromatic nitrogens is 1. The molecule has 1 N–H and O–H groups in total. The Balaban J connectivity index is 2.13. The molecule has 0 fully saturated rings. The summed E-state index contributed by atoms with van der Waals surface area (Å²) in [5, 5.41) is 2.86. The molecule has 0 spiro atoms. The van der Waals surface area contributed by atoms with Gasteiger partial charge in [0.15, 0.2) is 0 Å². The van der Waals surface area contributed by atoms with Crippen molar-refractivity contribution in [1.29, 1.82) is 0 Å². The molecule has 132 valence electrons. The van der Waals surface area contributed by atoms with Crippen LogP contribution in [-0.2, 0) is 0 Å². The summed E-state index contributed by atoms with van der Waals surface area (Å²) in [6.45, 7) is 6.78. The molecule has 2 aromatic rings. The average molecular weight is 339 g/mol. The highest BCUT2D eigenvalue weighted by Crippen LogP contribution is 2.15. The van der Waals surface area contributed by atoms with E-state index in [9.17, 15) is 9.59 Å². The molecule has 0 aliphatic heterocycles. The van der Waals surface area contributed by atoms with Crippen LogP contribution in [0.1, 0.15) is 51.7 Å². The highest BCUT2D eigenvalue weighted by Gasteiger charge is 2.15. The van der Waals surface area contributed by atoms with Gasteiger partial charge in [0.1, 0.15) is 5.69 Å². The highest BCUT2D eigenvalue weighted by molar-refractivity contribution is 6.05. The first-order valence-electron chi connectivity index (χ1n) is 8.52. The van der Waals surface area contributed by atoms with Gasteiger partial charge in [-0.25, -0.2) is 0 Å². The van der Waals surface area contributed by atoms with Crippen molar-refractivity contribution in [2.45, 2.75) is 33.6 Å². The van der Waals surface area contributed by atoms with Gasteiger partial charge in [0.2, 0.25) is 0 Å². The van der Waals surface area contributed by atoms with E-state index >= 15 is 0 Å². The molecule has 5 nitrogen and oxygen atoms in total. The molecule has 0 saturated carbocycles. The summed E-state index contributed by atoms with van der Waals surface area (Å²) in [5.41, 5.74) is 3.72. The molecular weight excluding hydrogens is 314 g/mol. The van der Waals surface area contributed by atoms with E-state index < -0.39 is 0 Å². The van der Waals surface area contributed by atoms with E-state index in [0.29, 0.717) is 12.1 Å². The zero-order valence-corrected chi connectivity index (χ0v) is 15.3. The van der Waals surface area contributed by atoms with Gasteiger partial charge < -0.3 is 10.2 Å². The van der Waals surface area contributed by atoms with E-state index in [4.69, 9.17) is 0 Å². The molecule has 0 unspecified atom stereocenters. The fourth-order valence-corrected chi connectivity index (χ4v) is 2.40. The third-order valence-corrected chi connectivity index (χ3v) is 4.20. The molecule has 1 heterocycles. The molecule has 0 saturated heterocycles. The summed E-state index contributed by atoms with van der Waals surface area (Å²) in [6.07, 6.45) is 3.45. The molecule has 5 heteroatoms. The van der Waals surface area contributed by atoms with Gasteiger partial charge in [-0.15, -0.1) is 0 Å². The Hall–Kier alpha value is -2.69. The van der Waals surface area contributed by atoms with Crippen LogP contribution >= 0.6 is 0 Å². The molecule has 0 aliphatic rings. The van der Waals surface area contributed by atoms with Crippen molar-refractivity contribution in [3.8, 4) is 0 Å². The van der Waals surface area contributed by atoms with Gasteiger partial charge in [0, 0.05) is 31.0 Å². The van der Waals surface area contributed by atoms with Gasteiger partial charge in [-0.1, -0.05) is 19.4 Å². The zero-order valence-electron chi connectivity index (χ0n) is 15.3. The van der Waals surface area contributed by atoms with E-state index in [2.05, 4.69) is 17.2 Å². The van der Waals surface area contributed by atoms with Crippen molar-refractivity contribution in [1.82, 2.24) is 9.88 Å². The Bertz CT molecular complexity index is 771. The Labute approximate surface area is 149 Å². The topological polar surface area (TPSA) is 62.3 Å². The number of carbonyl (C=O) groups excluding carboxylic acids is 2. The van der Waals surface area contributed by atoms with Crippen LogP contribution in [0, 0.1) is 13.8 Å². The fraction of sp³-hybridized carbons (Fsp3) is 0.350. The van der Waals surface area contributed by atoms with Gasteiger partial charge >= 0.3 is 0 Å². The lowest BCUT2D eigenvalue weighted by Crippen LogP contribution is -2.28. The molecular formula is C20H25N3O2. The first-order valence-corrected chi connectivity index (χ1v) is 8.52. The summed E-state index contributed by atoms with van der Waals surface area (Å²) < 4.78 is 0. The van der Waals surface area contributed by atoms with Crippen molar-refractivity contribution >= 4 is 17.5 Å². The van der Waals surface area contributed by atoms with Gasteiger partial charge in [0.25, 0.3) is 11.8 Å². The number of aryl methyl sites for hydroxylation is 2. The average Bonchev–Trinajstić information content (AvgIpc) is 2.62. The van der Waals surface area contributed by atoms with Crippen LogP contribution < -0.4 is 5.32 Å². The van der Waals surface area contributed by atoms with Crippen molar-refractivity contribution in [2.75, 3.05) is 18.9 Å². The van der Waals surface area contributed by atoms with E-state index in [0.717, 1.165) is 24.1 Å². The summed E-state index contributed by atoms with van der Waals surface area (Å²) in [5.74, 6) is -0.426. The largest absolute Gasteiger partial charge is 0.340 e. The lowest BCUT2D eigenvalue weighted by molar-refractivity contribution is 0.0787. The second-order valence-electron chi connectivity index (χ2n) is 6.26. The van der Waals surface area contributed by atoms with Gasteiger partial charge in [-0.05, 0) is 55.7 Å². The van der Waals surface area contributed by atoms with Crippen molar-refractivity contribution in [3.63, 3.8) is 0 Å². The monoisotopic (exact) mass is 339 g/mol. The fourth-order valence-electron chi connectivity index (χ4n) is 2.40.